The molecule has 4 atom stereocenters. The van der Waals surface area contributed by atoms with Crippen LogP contribution in [0.3, 0.4) is 0 Å². The highest BCUT2D eigenvalue weighted by molar-refractivity contribution is 6.04. The van der Waals surface area contributed by atoms with Crippen molar-refractivity contribution in [1.82, 2.24) is 25.2 Å². The van der Waals surface area contributed by atoms with E-state index in [9.17, 15) is 14.8 Å². The van der Waals surface area contributed by atoms with Gasteiger partial charge in [0, 0.05) is 61.8 Å². The van der Waals surface area contributed by atoms with Crippen LogP contribution in [0.15, 0.2) is 35.9 Å². The Hall–Kier alpha value is -5.04. The van der Waals surface area contributed by atoms with Gasteiger partial charge in [-0.25, -0.2) is 13.8 Å². The number of terminal acetylenes is 1. The number of aromatic nitrogens is 3. The molecule has 4 unspecified atom stereocenters. The minimum absolute atomic E-state index is 0.0514. The summed E-state index contributed by atoms with van der Waals surface area (Å²) < 4.78 is 43.8. The zero-order valence-corrected chi connectivity index (χ0v) is 26.3. The van der Waals surface area contributed by atoms with E-state index in [1.807, 2.05) is 0 Å². The van der Waals surface area contributed by atoms with Crippen molar-refractivity contribution in [2.45, 2.75) is 31.3 Å². The quantitative estimate of drug-likeness (QED) is 0.208. The molecule has 10 nitrogen and oxygen atoms in total. The summed E-state index contributed by atoms with van der Waals surface area (Å²) >= 11 is 0. The summed E-state index contributed by atoms with van der Waals surface area (Å²) in [7, 11) is 1.42. The highest BCUT2D eigenvalue weighted by atomic mass is 19.1. The van der Waals surface area contributed by atoms with E-state index < -0.39 is 11.6 Å². The van der Waals surface area contributed by atoms with Gasteiger partial charge in [-0.1, -0.05) is 12.0 Å². The highest BCUT2D eigenvalue weighted by Gasteiger charge is 2.45. The molecule has 1 aliphatic carbocycles. The number of halogens is 2. The summed E-state index contributed by atoms with van der Waals surface area (Å²) in [6, 6.07) is 7.94. The van der Waals surface area contributed by atoms with Crippen molar-refractivity contribution < 1.29 is 23.4 Å². The van der Waals surface area contributed by atoms with E-state index in [-0.39, 0.29) is 69.4 Å². The summed E-state index contributed by atoms with van der Waals surface area (Å²) in [5, 5.41) is 24.6. The first-order valence-electron chi connectivity index (χ1n) is 16.1. The van der Waals surface area contributed by atoms with Crippen molar-refractivity contribution in [2.24, 2.45) is 11.8 Å². The molecule has 48 heavy (non-hydrogen) atoms. The van der Waals surface area contributed by atoms with Gasteiger partial charge in [-0.15, -0.1) is 6.42 Å². The average Bonchev–Trinajstić information content (AvgIpc) is 3.55. The third-order valence-electron chi connectivity index (χ3n) is 10.0. The van der Waals surface area contributed by atoms with Crippen LogP contribution in [-0.4, -0.2) is 83.5 Å². The lowest BCUT2D eigenvalue weighted by molar-refractivity contribution is 0.285. The number of likely N-dealkylation sites (tertiary alicyclic amines) is 1. The summed E-state index contributed by atoms with van der Waals surface area (Å²) in [6.45, 7) is 3.92. The Labute approximate surface area is 276 Å². The molecule has 3 aliphatic heterocycles. The zero-order valence-electron chi connectivity index (χ0n) is 26.3. The van der Waals surface area contributed by atoms with Crippen molar-refractivity contribution in [3.05, 3.63) is 53.1 Å². The number of fused-ring (bicyclic) bond motifs is 5. The smallest absolute Gasteiger partial charge is 0.319 e. The number of ether oxygens (including phenoxy) is 2. The van der Waals surface area contributed by atoms with Crippen LogP contribution in [0, 0.1) is 47.1 Å². The van der Waals surface area contributed by atoms with Gasteiger partial charge >= 0.3 is 6.01 Å². The Kier molecular flexibility index (Phi) is 7.50. The van der Waals surface area contributed by atoms with Gasteiger partial charge < -0.3 is 24.8 Å². The Morgan fingerprint density at radius 3 is 2.58 bits per heavy atom. The second kappa shape index (κ2) is 11.9. The van der Waals surface area contributed by atoms with Crippen LogP contribution in [0.25, 0.3) is 32.9 Å². The van der Waals surface area contributed by atoms with Crippen molar-refractivity contribution in [1.29, 1.82) is 5.26 Å². The van der Waals surface area contributed by atoms with E-state index >= 15 is 4.39 Å². The SMILES string of the molecule is C#Cc1c(F)ccc2cc(O)cc(-c3nc(OC)c4c(N5CC6CCC(C5)N6)nc(OC/C(=C\C#N)CN5CC6CC6C5)nc4c3F)c12. The molecule has 0 spiro atoms. The molecule has 4 aliphatic rings. The molecule has 2 bridgehead atoms. The van der Waals surface area contributed by atoms with E-state index in [0.717, 1.165) is 43.3 Å². The number of nitriles is 1. The standard InChI is InChI=1S/C36H33F2N7O3/c1-3-26-28(37)7-4-20-11-25(46)12-27(29(20)26)32-31(38)33-30(35(41-32)47-2)34(45-16-23-5-6-24(17-45)40-23)43-36(42-33)48-18-19(8-9-39)13-44-14-21-10-22(21)15-44/h1,4,7-8,11-12,21-24,40,46H,5-6,10,13-18H2,2H3/b19-8-. The number of rotatable bonds is 8. The van der Waals surface area contributed by atoms with Gasteiger partial charge in [0.15, 0.2) is 5.82 Å². The van der Waals surface area contributed by atoms with Gasteiger partial charge in [0.2, 0.25) is 5.88 Å². The van der Waals surface area contributed by atoms with Crippen molar-refractivity contribution in [3.8, 4) is 47.3 Å². The van der Waals surface area contributed by atoms with Crippen molar-refractivity contribution >= 4 is 27.5 Å². The third-order valence-corrected chi connectivity index (χ3v) is 10.0. The molecule has 0 radical (unpaired) electrons. The van der Waals surface area contributed by atoms with Gasteiger partial charge in [0.05, 0.1) is 18.7 Å². The van der Waals surface area contributed by atoms with Crippen LogP contribution < -0.4 is 19.7 Å². The molecule has 1 saturated carbocycles. The number of methoxy groups -OCH3 is 1. The van der Waals surface area contributed by atoms with Crippen LogP contribution in [0.4, 0.5) is 14.6 Å². The van der Waals surface area contributed by atoms with Crippen LogP contribution in [0.2, 0.25) is 0 Å². The number of piperidine rings is 1. The summed E-state index contributed by atoms with van der Waals surface area (Å²) in [4.78, 5) is 18.3. The molecule has 2 aromatic carbocycles. The fourth-order valence-electron chi connectivity index (χ4n) is 7.74. The molecule has 3 saturated heterocycles. The maximum atomic E-state index is 17.0. The van der Waals surface area contributed by atoms with Crippen LogP contribution in [0.5, 0.6) is 17.6 Å². The van der Waals surface area contributed by atoms with E-state index in [1.165, 1.54) is 43.9 Å². The number of benzene rings is 2. The highest BCUT2D eigenvalue weighted by Crippen LogP contribution is 2.45. The lowest BCUT2D eigenvalue weighted by Gasteiger charge is -2.34. The van der Waals surface area contributed by atoms with E-state index in [0.29, 0.717) is 30.8 Å². The summed E-state index contributed by atoms with van der Waals surface area (Å²) in [5.74, 6) is 2.66. The minimum atomic E-state index is -0.833. The molecule has 5 heterocycles. The number of pyridine rings is 1. The number of nitrogens with zero attached hydrogens (tertiary/aromatic N) is 6. The topological polar surface area (TPSA) is 120 Å². The fourth-order valence-corrected chi connectivity index (χ4v) is 7.74. The summed E-state index contributed by atoms with van der Waals surface area (Å²) in [6.07, 6.45) is 10.5. The van der Waals surface area contributed by atoms with Gasteiger partial charge in [0.1, 0.15) is 40.6 Å². The second-order valence-corrected chi connectivity index (χ2v) is 13.2. The molecular weight excluding hydrogens is 616 g/mol. The molecule has 12 heteroatoms. The Morgan fingerprint density at radius 2 is 1.88 bits per heavy atom. The number of hydrogen-bond donors (Lipinski definition) is 2. The lowest BCUT2D eigenvalue weighted by atomic mass is 9.95. The lowest BCUT2D eigenvalue weighted by Crippen LogP contribution is -2.51. The summed E-state index contributed by atoms with van der Waals surface area (Å²) in [5.41, 5.74) is 0.437. The molecule has 2 N–H and O–H groups in total. The fraction of sp³-hybridized carbons (Fsp3) is 0.389. The molecule has 244 valence electrons. The van der Waals surface area contributed by atoms with E-state index in [4.69, 9.17) is 20.9 Å². The molecular formula is C36H33F2N7O3. The van der Waals surface area contributed by atoms with Crippen LogP contribution in [-0.2, 0) is 0 Å². The van der Waals surface area contributed by atoms with Crippen LogP contribution in [0.1, 0.15) is 24.8 Å². The van der Waals surface area contributed by atoms with E-state index in [1.54, 1.807) is 0 Å². The normalized spacial score (nSPS) is 23.3. The third kappa shape index (κ3) is 5.31. The Balaban J connectivity index is 1.27. The number of hydrogen-bond acceptors (Lipinski definition) is 10. The number of nitrogens with one attached hydrogen (secondary N) is 1. The maximum absolute atomic E-state index is 17.0. The average molecular weight is 650 g/mol. The number of allylic oxidation sites excluding steroid dienone is 1. The molecule has 4 fully saturated rings. The predicted molar refractivity (Wildman–Crippen MR) is 176 cm³/mol. The second-order valence-electron chi connectivity index (χ2n) is 13.2. The van der Waals surface area contributed by atoms with Gasteiger partial charge in [-0.3, -0.25) is 4.90 Å². The predicted octanol–water partition coefficient (Wildman–Crippen LogP) is 4.54. The molecule has 2 aromatic heterocycles. The molecule has 8 rings (SSSR count). The Bertz CT molecular complexity index is 2070. The van der Waals surface area contributed by atoms with Gasteiger partial charge in [0.25, 0.3) is 0 Å². The number of aromatic hydroxyl groups is 1. The number of piperazine rings is 1. The molecule has 4 aromatic rings. The first kappa shape index (κ1) is 30.3. The zero-order chi connectivity index (χ0) is 33.1. The van der Waals surface area contributed by atoms with E-state index in [2.05, 4.69) is 37.1 Å². The maximum Gasteiger partial charge on any atom is 0.319 e. The molecule has 0 amide bonds. The van der Waals surface area contributed by atoms with Crippen molar-refractivity contribution in [2.75, 3.05) is 51.3 Å². The first-order valence-corrected chi connectivity index (χ1v) is 16.1. The first-order chi connectivity index (χ1) is 23.3. The van der Waals surface area contributed by atoms with Crippen LogP contribution >= 0.6 is 0 Å². The van der Waals surface area contributed by atoms with Gasteiger partial charge in [-0.2, -0.15) is 15.2 Å². The van der Waals surface area contributed by atoms with Crippen molar-refractivity contribution in [3.63, 3.8) is 0 Å². The largest absolute Gasteiger partial charge is 0.508 e. The monoisotopic (exact) mass is 649 g/mol. The number of phenols is 1. The minimum Gasteiger partial charge on any atom is -0.508 e. The Morgan fingerprint density at radius 1 is 1.10 bits per heavy atom. The number of anilines is 1. The van der Waals surface area contributed by atoms with Gasteiger partial charge in [-0.05, 0) is 60.3 Å². The number of phenolic OH excluding ortho intramolecular Hbond substituents is 1.